The van der Waals surface area contributed by atoms with Crippen LogP contribution in [0.1, 0.15) is 0 Å². The van der Waals surface area contributed by atoms with E-state index in [4.69, 9.17) is 0 Å². The lowest BCUT2D eigenvalue weighted by atomic mass is 10.2. The third-order valence-corrected chi connectivity index (χ3v) is 2.87. The Labute approximate surface area is 130 Å². The molecule has 0 unspecified atom stereocenters. The zero-order chi connectivity index (χ0) is 17.0. The predicted octanol–water partition coefficient (Wildman–Crippen LogP) is 3.40. The molecule has 0 aliphatic heterocycles. The summed E-state index contributed by atoms with van der Waals surface area (Å²) in [6.07, 6.45) is 1.56. The maximum atomic E-state index is 12.4. The Balaban J connectivity index is 2.24. The van der Waals surface area contributed by atoms with Gasteiger partial charge in [-0.2, -0.15) is 8.78 Å². The van der Waals surface area contributed by atoms with E-state index in [9.17, 15) is 18.9 Å². The summed E-state index contributed by atoms with van der Waals surface area (Å²) >= 11 is 0. The third kappa shape index (κ3) is 4.25. The van der Waals surface area contributed by atoms with Crippen LogP contribution in [0.5, 0.6) is 5.75 Å². The van der Waals surface area contributed by atoms with Crippen molar-refractivity contribution in [1.82, 2.24) is 4.98 Å². The second-order valence-electron chi connectivity index (χ2n) is 4.74. The maximum absolute atomic E-state index is 12.4. The van der Waals surface area contributed by atoms with Crippen molar-refractivity contribution in [1.29, 1.82) is 0 Å². The number of nitrogens with zero attached hydrogens (tertiary/aromatic N) is 3. The Morgan fingerprint density at radius 3 is 2.48 bits per heavy atom. The summed E-state index contributed by atoms with van der Waals surface area (Å²) in [4.78, 5) is 16.1. The van der Waals surface area contributed by atoms with Crippen LogP contribution in [-0.4, -0.2) is 30.6 Å². The van der Waals surface area contributed by atoms with Gasteiger partial charge in [0.25, 0.3) is 0 Å². The molecule has 0 saturated carbocycles. The molecule has 0 saturated heterocycles. The van der Waals surface area contributed by atoms with E-state index in [1.165, 1.54) is 6.07 Å². The molecule has 0 aliphatic carbocycles. The standard InChI is InChI=1S/C14H14F2N4O3/c1-19(2)13-6-4-10(8-17-13)18-9-3-5-11(20(21)22)12(7-9)23-14(15)16/h3-8,14,18H,1-2H3. The molecule has 2 aromatic rings. The van der Waals surface area contributed by atoms with Crippen LogP contribution in [-0.2, 0) is 0 Å². The van der Waals surface area contributed by atoms with Gasteiger partial charge in [-0.1, -0.05) is 0 Å². The number of aromatic nitrogens is 1. The van der Waals surface area contributed by atoms with Crippen LogP contribution in [0.25, 0.3) is 0 Å². The fourth-order valence-electron chi connectivity index (χ4n) is 1.82. The number of nitrogens with one attached hydrogen (secondary N) is 1. The van der Waals surface area contributed by atoms with Crippen LogP contribution < -0.4 is 15.0 Å². The van der Waals surface area contributed by atoms with Crippen LogP contribution in [0.15, 0.2) is 36.5 Å². The van der Waals surface area contributed by atoms with Crippen molar-refractivity contribution in [3.05, 3.63) is 46.6 Å². The lowest BCUT2D eigenvalue weighted by Gasteiger charge is -2.13. The minimum Gasteiger partial charge on any atom is -0.427 e. The van der Waals surface area contributed by atoms with Gasteiger partial charge in [0.15, 0.2) is 0 Å². The van der Waals surface area contributed by atoms with Gasteiger partial charge in [0, 0.05) is 31.9 Å². The van der Waals surface area contributed by atoms with Gasteiger partial charge >= 0.3 is 12.3 Å². The Kier molecular flexibility index (Phi) is 4.89. The van der Waals surface area contributed by atoms with Gasteiger partial charge in [0.2, 0.25) is 5.75 Å². The Bertz CT molecular complexity index is 693. The van der Waals surface area contributed by atoms with Crippen molar-refractivity contribution in [3.63, 3.8) is 0 Å². The Hall–Kier alpha value is -2.97. The number of halogens is 2. The van der Waals surface area contributed by atoms with E-state index in [1.54, 1.807) is 18.3 Å². The summed E-state index contributed by atoms with van der Waals surface area (Å²) in [6.45, 7) is -3.15. The van der Waals surface area contributed by atoms with Crippen molar-refractivity contribution >= 4 is 22.9 Å². The molecule has 1 aromatic carbocycles. The first kappa shape index (κ1) is 16.4. The van der Waals surface area contributed by atoms with Gasteiger partial charge in [-0.15, -0.1) is 0 Å². The largest absolute Gasteiger partial charge is 0.427 e. The summed E-state index contributed by atoms with van der Waals surface area (Å²) in [5, 5.41) is 13.7. The summed E-state index contributed by atoms with van der Waals surface area (Å²) < 4.78 is 28.9. The number of anilines is 3. The van der Waals surface area contributed by atoms with Gasteiger partial charge in [0.1, 0.15) is 5.82 Å². The van der Waals surface area contributed by atoms with E-state index in [1.807, 2.05) is 19.0 Å². The zero-order valence-corrected chi connectivity index (χ0v) is 12.4. The fourth-order valence-corrected chi connectivity index (χ4v) is 1.82. The number of alkyl halides is 2. The molecule has 0 atom stereocenters. The molecular weight excluding hydrogens is 310 g/mol. The molecule has 0 radical (unpaired) electrons. The summed E-state index contributed by atoms with van der Waals surface area (Å²) in [5.41, 5.74) is 0.440. The number of benzene rings is 1. The number of nitro benzene ring substituents is 1. The molecule has 7 nitrogen and oxygen atoms in total. The number of pyridine rings is 1. The van der Waals surface area contributed by atoms with Gasteiger partial charge in [0.05, 0.1) is 16.8 Å². The first-order chi connectivity index (χ1) is 10.9. The first-order valence-electron chi connectivity index (χ1n) is 6.50. The van der Waals surface area contributed by atoms with Crippen molar-refractivity contribution in [2.75, 3.05) is 24.3 Å². The molecule has 0 fully saturated rings. The molecule has 1 heterocycles. The molecule has 1 aromatic heterocycles. The monoisotopic (exact) mass is 324 g/mol. The minimum atomic E-state index is -3.15. The lowest BCUT2D eigenvalue weighted by molar-refractivity contribution is -0.386. The minimum absolute atomic E-state index is 0.366. The third-order valence-electron chi connectivity index (χ3n) is 2.87. The molecule has 9 heteroatoms. The molecule has 1 N–H and O–H groups in total. The Morgan fingerprint density at radius 2 is 1.96 bits per heavy atom. The fraction of sp³-hybridized carbons (Fsp3) is 0.214. The van der Waals surface area contributed by atoms with Gasteiger partial charge in [-0.25, -0.2) is 4.98 Å². The second kappa shape index (κ2) is 6.86. The average Bonchev–Trinajstić information content (AvgIpc) is 2.47. The first-order valence-corrected chi connectivity index (χ1v) is 6.50. The Morgan fingerprint density at radius 1 is 1.26 bits per heavy atom. The van der Waals surface area contributed by atoms with Crippen molar-refractivity contribution in [3.8, 4) is 5.75 Å². The smallest absolute Gasteiger partial charge is 0.387 e. The highest BCUT2D eigenvalue weighted by Gasteiger charge is 2.19. The average molecular weight is 324 g/mol. The topological polar surface area (TPSA) is 80.5 Å². The normalized spacial score (nSPS) is 10.5. The lowest BCUT2D eigenvalue weighted by Crippen LogP contribution is -2.10. The van der Waals surface area contributed by atoms with E-state index >= 15 is 0 Å². The quantitative estimate of drug-likeness (QED) is 0.648. The molecule has 2 rings (SSSR count). The van der Waals surface area contributed by atoms with Crippen molar-refractivity contribution in [2.45, 2.75) is 6.61 Å². The number of ether oxygens (including phenoxy) is 1. The predicted molar refractivity (Wildman–Crippen MR) is 81.6 cm³/mol. The molecule has 0 aliphatic rings. The summed E-state index contributed by atoms with van der Waals surface area (Å²) in [6, 6.07) is 7.16. The molecule has 0 bridgehead atoms. The highest BCUT2D eigenvalue weighted by atomic mass is 19.3. The number of hydrogen-bond donors (Lipinski definition) is 1. The van der Waals surface area contributed by atoms with E-state index < -0.39 is 23.0 Å². The van der Waals surface area contributed by atoms with E-state index in [0.29, 0.717) is 11.4 Å². The number of rotatable bonds is 6. The highest BCUT2D eigenvalue weighted by molar-refractivity contribution is 5.65. The van der Waals surface area contributed by atoms with Gasteiger partial charge in [-0.3, -0.25) is 10.1 Å². The maximum Gasteiger partial charge on any atom is 0.387 e. The van der Waals surface area contributed by atoms with Crippen LogP contribution in [0, 0.1) is 10.1 Å². The molecule has 122 valence electrons. The highest BCUT2D eigenvalue weighted by Crippen LogP contribution is 2.32. The number of nitro groups is 1. The second-order valence-corrected chi connectivity index (χ2v) is 4.74. The summed E-state index contributed by atoms with van der Waals surface area (Å²) in [7, 11) is 3.69. The van der Waals surface area contributed by atoms with Gasteiger partial charge in [-0.05, 0) is 18.2 Å². The van der Waals surface area contributed by atoms with E-state index in [-0.39, 0.29) is 0 Å². The van der Waals surface area contributed by atoms with Gasteiger partial charge < -0.3 is 15.0 Å². The van der Waals surface area contributed by atoms with Crippen LogP contribution in [0.2, 0.25) is 0 Å². The van der Waals surface area contributed by atoms with Crippen molar-refractivity contribution in [2.24, 2.45) is 0 Å². The van der Waals surface area contributed by atoms with E-state index in [0.717, 1.165) is 18.0 Å². The van der Waals surface area contributed by atoms with Crippen molar-refractivity contribution < 1.29 is 18.4 Å². The molecule has 0 amide bonds. The van der Waals surface area contributed by atoms with E-state index in [2.05, 4.69) is 15.0 Å². The SMILES string of the molecule is CN(C)c1ccc(Nc2ccc([N+](=O)[O-])c(OC(F)F)c2)cn1. The van der Waals surface area contributed by atoms with Crippen LogP contribution >= 0.6 is 0 Å². The van der Waals surface area contributed by atoms with Crippen LogP contribution in [0.3, 0.4) is 0 Å². The van der Waals surface area contributed by atoms with Crippen LogP contribution in [0.4, 0.5) is 31.7 Å². The molecular formula is C14H14F2N4O3. The zero-order valence-electron chi connectivity index (χ0n) is 12.4. The molecule has 0 spiro atoms. The molecule has 23 heavy (non-hydrogen) atoms. The summed E-state index contributed by atoms with van der Waals surface area (Å²) in [5.74, 6) is 0.244. The number of hydrogen-bond acceptors (Lipinski definition) is 6.